The maximum absolute atomic E-state index is 10.6. The van der Waals surface area contributed by atoms with Crippen LogP contribution in [0, 0.1) is 18.3 Å². The number of ether oxygens (including phenoxy) is 2. The SMILES string of the molecule is Cc1ccnc(OC[C@]23COC[C@H]2CN(Cc2cnn(C)c2)C3)n1.O=C(O)C(F)(F)F. The molecule has 2 fully saturated rings. The minimum absolute atomic E-state index is 0.0370. The van der Waals surface area contributed by atoms with Gasteiger partial charge < -0.3 is 14.6 Å². The number of rotatable bonds is 5. The van der Waals surface area contributed by atoms with Crippen molar-refractivity contribution in [3.05, 3.63) is 35.9 Å². The van der Waals surface area contributed by atoms with Crippen LogP contribution in [0.4, 0.5) is 13.2 Å². The van der Waals surface area contributed by atoms with Gasteiger partial charge >= 0.3 is 18.2 Å². The van der Waals surface area contributed by atoms with E-state index in [0.29, 0.717) is 18.5 Å². The van der Waals surface area contributed by atoms with Crippen LogP contribution in [-0.2, 0) is 23.1 Å². The van der Waals surface area contributed by atoms with Gasteiger partial charge in [-0.1, -0.05) is 0 Å². The summed E-state index contributed by atoms with van der Waals surface area (Å²) in [6, 6.07) is 2.33. The Balaban J connectivity index is 0.000000339. The minimum atomic E-state index is -5.08. The van der Waals surface area contributed by atoms with Crippen LogP contribution in [0.2, 0.25) is 0 Å². The molecule has 170 valence electrons. The quantitative estimate of drug-likeness (QED) is 0.745. The van der Waals surface area contributed by atoms with E-state index in [2.05, 4.69) is 26.2 Å². The molecule has 4 heterocycles. The second-order valence-electron chi connectivity index (χ2n) is 7.84. The molecule has 0 aromatic carbocycles. The average Bonchev–Trinajstić information content (AvgIpc) is 3.34. The van der Waals surface area contributed by atoms with Gasteiger partial charge in [-0.15, -0.1) is 0 Å². The van der Waals surface area contributed by atoms with E-state index in [4.69, 9.17) is 19.4 Å². The fourth-order valence-electron chi connectivity index (χ4n) is 3.78. The molecule has 0 saturated carbocycles. The maximum Gasteiger partial charge on any atom is 0.490 e. The predicted octanol–water partition coefficient (Wildman–Crippen LogP) is 1.68. The number of aliphatic carboxylic acids is 1. The molecule has 31 heavy (non-hydrogen) atoms. The van der Waals surface area contributed by atoms with Crippen LogP contribution in [0.3, 0.4) is 0 Å². The van der Waals surface area contributed by atoms with Gasteiger partial charge in [0.2, 0.25) is 0 Å². The lowest BCUT2D eigenvalue weighted by atomic mass is 9.82. The molecule has 2 aromatic rings. The number of fused-ring (bicyclic) bond motifs is 1. The lowest BCUT2D eigenvalue weighted by Gasteiger charge is -2.26. The fourth-order valence-corrected chi connectivity index (χ4v) is 3.78. The van der Waals surface area contributed by atoms with Crippen LogP contribution in [-0.4, -0.2) is 74.8 Å². The maximum atomic E-state index is 10.6. The number of aryl methyl sites for hydroxylation is 2. The fraction of sp³-hybridized carbons (Fsp3) is 0.579. The Hall–Kier alpha value is -2.73. The van der Waals surface area contributed by atoms with E-state index in [-0.39, 0.29) is 5.41 Å². The lowest BCUT2D eigenvalue weighted by Crippen LogP contribution is -2.37. The largest absolute Gasteiger partial charge is 0.490 e. The molecule has 4 rings (SSSR count). The number of likely N-dealkylation sites (tertiary alicyclic amines) is 1. The monoisotopic (exact) mass is 443 g/mol. The number of carboxylic acid groups (broad SMARTS) is 1. The van der Waals surface area contributed by atoms with Gasteiger partial charge in [-0.2, -0.15) is 18.3 Å². The van der Waals surface area contributed by atoms with Crippen molar-refractivity contribution in [1.29, 1.82) is 0 Å². The second-order valence-corrected chi connectivity index (χ2v) is 7.84. The zero-order valence-corrected chi connectivity index (χ0v) is 17.2. The molecular weight excluding hydrogens is 419 g/mol. The number of hydrogen-bond acceptors (Lipinski definition) is 7. The third-order valence-electron chi connectivity index (χ3n) is 5.26. The highest BCUT2D eigenvalue weighted by atomic mass is 19.4. The van der Waals surface area contributed by atoms with E-state index < -0.39 is 12.1 Å². The molecule has 0 amide bonds. The zero-order valence-electron chi connectivity index (χ0n) is 17.2. The van der Waals surface area contributed by atoms with E-state index in [1.54, 1.807) is 6.20 Å². The van der Waals surface area contributed by atoms with E-state index in [9.17, 15) is 13.2 Å². The first kappa shape index (κ1) is 22.9. The Labute approximate surface area is 176 Å². The number of carboxylic acids is 1. The summed E-state index contributed by atoms with van der Waals surface area (Å²) in [4.78, 5) is 19.9. The summed E-state index contributed by atoms with van der Waals surface area (Å²) >= 11 is 0. The summed E-state index contributed by atoms with van der Waals surface area (Å²) in [5.41, 5.74) is 2.20. The molecule has 2 aliphatic rings. The Bertz CT molecular complexity index is 907. The molecule has 0 spiro atoms. The van der Waals surface area contributed by atoms with Gasteiger partial charge in [0.25, 0.3) is 0 Å². The summed E-state index contributed by atoms with van der Waals surface area (Å²) in [5.74, 6) is -2.26. The molecule has 2 saturated heterocycles. The summed E-state index contributed by atoms with van der Waals surface area (Å²) in [7, 11) is 1.95. The van der Waals surface area contributed by atoms with E-state index in [1.807, 2.05) is 30.9 Å². The highest BCUT2D eigenvalue weighted by Gasteiger charge is 2.51. The molecule has 0 aliphatic carbocycles. The number of hydrogen-bond donors (Lipinski definition) is 1. The summed E-state index contributed by atoms with van der Waals surface area (Å²) in [5, 5.41) is 11.4. The van der Waals surface area contributed by atoms with Crippen LogP contribution in [0.1, 0.15) is 11.3 Å². The minimum Gasteiger partial charge on any atom is -0.475 e. The van der Waals surface area contributed by atoms with E-state index in [1.165, 1.54) is 5.56 Å². The molecule has 2 aromatic heterocycles. The number of halogens is 3. The first-order valence-corrected chi connectivity index (χ1v) is 9.57. The second kappa shape index (κ2) is 9.18. The average molecular weight is 443 g/mol. The number of aromatic nitrogens is 4. The topological polar surface area (TPSA) is 103 Å². The van der Waals surface area contributed by atoms with E-state index in [0.717, 1.165) is 38.5 Å². The van der Waals surface area contributed by atoms with Crippen LogP contribution in [0.25, 0.3) is 0 Å². The first-order chi connectivity index (χ1) is 14.6. The predicted molar refractivity (Wildman–Crippen MR) is 101 cm³/mol. The first-order valence-electron chi connectivity index (χ1n) is 9.57. The van der Waals surface area contributed by atoms with Gasteiger partial charge in [-0.25, -0.2) is 14.8 Å². The van der Waals surface area contributed by atoms with Crippen LogP contribution in [0.5, 0.6) is 6.01 Å². The Morgan fingerprint density at radius 1 is 1.45 bits per heavy atom. The van der Waals surface area contributed by atoms with Gasteiger partial charge in [-0.05, 0) is 13.0 Å². The van der Waals surface area contributed by atoms with Crippen molar-refractivity contribution in [1.82, 2.24) is 24.6 Å². The number of nitrogens with zero attached hydrogens (tertiary/aromatic N) is 5. The van der Waals surface area contributed by atoms with Gasteiger partial charge in [0.15, 0.2) is 0 Å². The van der Waals surface area contributed by atoms with Gasteiger partial charge in [-0.3, -0.25) is 9.58 Å². The smallest absolute Gasteiger partial charge is 0.475 e. The molecule has 9 nitrogen and oxygen atoms in total. The third kappa shape index (κ3) is 5.91. The molecule has 0 radical (unpaired) electrons. The zero-order chi connectivity index (χ0) is 22.6. The Kier molecular flexibility index (Phi) is 6.80. The Morgan fingerprint density at radius 3 is 2.81 bits per heavy atom. The van der Waals surface area contributed by atoms with Crippen molar-refractivity contribution in [3.63, 3.8) is 0 Å². The standard InChI is InChI=1S/C17H23N5O2.C2HF3O2/c1-13-3-4-18-16(20-13)24-12-17-10-22(8-15(17)9-23-11-17)7-14-5-19-21(2)6-14;3-2(4,5)1(6)7/h3-6,15H,7-12H2,1-2H3;(H,6,7)/t15-,17+;/m1./s1. The van der Waals surface area contributed by atoms with Crippen molar-refractivity contribution >= 4 is 5.97 Å². The van der Waals surface area contributed by atoms with Crippen molar-refractivity contribution in [2.45, 2.75) is 19.6 Å². The van der Waals surface area contributed by atoms with Crippen LogP contribution in [0.15, 0.2) is 24.7 Å². The molecule has 0 bridgehead atoms. The molecule has 1 N–H and O–H groups in total. The number of carbonyl (C=O) groups is 1. The lowest BCUT2D eigenvalue weighted by molar-refractivity contribution is -0.192. The van der Waals surface area contributed by atoms with Crippen LogP contribution >= 0.6 is 0 Å². The van der Waals surface area contributed by atoms with Crippen LogP contribution < -0.4 is 4.74 Å². The van der Waals surface area contributed by atoms with E-state index >= 15 is 0 Å². The van der Waals surface area contributed by atoms with Crippen molar-refractivity contribution < 1.29 is 32.5 Å². The number of alkyl halides is 3. The Morgan fingerprint density at radius 2 is 2.19 bits per heavy atom. The molecule has 2 aliphatic heterocycles. The molecule has 12 heteroatoms. The molecule has 0 unspecified atom stereocenters. The van der Waals surface area contributed by atoms with Gasteiger partial charge in [0.1, 0.15) is 6.61 Å². The van der Waals surface area contributed by atoms with Gasteiger partial charge in [0.05, 0.1) is 19.4 Å². The van der Waals surface area contributed by atoms with Crippen molar-refractivity contribution in [3.8, 4) is 6.01 Å². The highest BCUT2D eigenvalue weighted by Crippen LogP contribution is 2.42. The molecular formula is C19H24F3N5O4. The van der Waals surface area contributed by atoms with Crippen molar-refractivity contribution in [2.24, 2.45) is 18.4 Å². The summed E-state index contributed by atoms with van der Waals surface area (Å²) in [6.45, 7) is 7.02. The van der Waals surface area contributed by atoms with Crippen molar-refractivity contribution in [2.75, 3.05) is 32.9 Å². The van der Waals surface area contributed by atoms with Gasteiger partial charge in [0, 0.05) is 61.7 Å². The summed E-state index contributed by atoms with van der Waals surface area (Å²) in [6.07, 6.45) is 0.671. The normalized spacial score (nSPS) is 23.2. The summed E-state index contributed by atoms with van der Waals surface area (Å²) < 4.78 is 45.3. The highest BCUT2D eigenvalue weighted by molar-refractivity contribution is 5.73. The molecule has 2 atom stereocenters. The third-order valence-corrected chi connectivity index (χ3v) is 5.26.